The fourth-order valence-electron chi connectivity index (χ4n) is 4.18. The van der Waals surface area contributed by atoms with Crippen LogP contribution in [0.25, 0.3) is 0 Å². The number of hydrogen-bond acceptors (Lipinski definition) is 5. The Labute approximate surface area is 201 Å². The van der Waals surface area contributed by atoms with Gasteiger partial charge in [0.05, 0.1) is 18.3 Å². The van der Waals surface area contributed by atoms with Crippen LogP contribution in [0.4, 0.5) is 18.9 Å². The van der Waals surface area contributed by atoms with E-state index in [-0.39, 0.29) is 18.6 Å². The SMILES string of the molecule is O=C(COc1ccc(Cl)cc1)N1CCOC(CN2CCN(c3cccc(C(F)(F)F)c3)CC2)C1. The molecule has 1 amide bonds. The van der Waals surface area contributed by atoms with E-state index in [0.717, 1.165) is 6.07 Å². The van der Waals surface area contributed by atoms with Crippen molar-refractivity contribution >= 4 is 23.2 Å². The minimum absolute atomic E-state index is 0.0516. The Balaban J connectivity index is 1.23. The van der Waals surface area contributed by atoms with E-state index in [1.54, 1.807) is 35.2 Å². The lowest BCUT2D eigenvalue weighted by molar-refractivity contribution is -0.141. The van der Waals surface area contributed by atoms with Gasteiger partial charge in [-0.15, -0.1) is 0 Å². The minimum Gasteiger partial charge on any atom is -0.484 e. The second-order valence-corrected chi connectivity index (χ2v) is 8.85. The molecule has 10 heteroatoms. The summed E-state index contributed by atoms with van der Waals surface area (Å²) < 4.78 is 50.5. The number of carbonyl (C=O) groups excluding carboxylic acids is 1. The summed E-state index contributed by atoms with van der Waals surface area (Å²) in [5, 5.41) is 0.602. The van der Waals surface area contributed by atoms with Gasteiger partial charge in [-0.2, -0.15) is 13.2 Å². The maximum atomic E-state index is 13.0. The largest absolute Gasteiger partial charge is 0.484 e. The monoisotopic (exact) mass is 497 g/mol. The number of rotatable bonds is 6. The number of halogens is 4. The third-order valence-electron chi connectivity index (χ3n) is 6.04. The second-order valence-electron chi connectivity index (χ2n) is 8.41. The predicted octanol–water partition coefficient (Wildman–Crippen LogP) is 3.79. The number of nitrogens with zero attached hydrogens (tertiary/aromatic N) is 3. The number of ether oxygens (including phenoxy) is 2. The highest BCUT2D eigenvalue weighted by Gasteiger charge is 2.31. The second kappa shape index (κ2) is 10.8. The molecule has 2 aromatic rings. The van der Waals surface area contributed by atoms with Gasteiger partial charge in [-0.05, 0) is 42.5 Å². The molecule has 0 saturated carbocycles. The molecule has 1 atom stereocenters. The van der Waals surface area contributed by atoms with Crippen molar-refractivity contribution in [3.63, 3.8) is 0 Å². The molecule has 4 rings (SSSR count). The van der Waals surface area contributed by atoms with Crippen LogP contribution in [0.5, 0.6) is 5.75 Å². The summed E-state index contributed by atoms with van der Waals surface area (Å²) in [6.45, 7) is 4.76. The fraction of sp³-hybridized carbons (Fsp3) is 0.458. The first-order chi connectivity index (χ1) is 16.3. The van der Waals surface area contributed by atoms with Crippen LogP contribution in [0, 0.1) is 0 Å². The van der Waals surface area contributed by atoms with E-state index in [1.807, 2.05) is 4.90 Å². The van der Waals surface area contributed by atoms with Gasteiger partial charge in [-0.1, -0.05) is 17.7 Å². The zero-order valence-electron chi connectivity index (χ0n) is 18.6. The molecule has 2 heterocycles. The van der Waals surface area contributed by atoms with Crippen molar-refractivity contribution < 1.29 is 27.4 Å². The Kier molecular flexibility index (Phi) is 7.85. The average molecular weight is 498 g/mol. The fourth-order valence-corrected chi connectivity index (χ4v) is 4.31. The lowest BCUT2D eigenvalue weighted by atomic mass is 10.1. The highest BCUT2D eigenvalue weighted by Crippen LogP contribution is 2.32. The van der Waals surface area contributed by atoms with Crippen molar-refractivity contribution in [1.82, 2.24) is 9.80 Å². The summed E-state index contributed by atoms with van der Waals surface area (Å²) in [5.74, 6) is 0.485. The van der Waals surface area contributed by atoms with Crippen molar-refractivity contribution in [2.45, 2.75) is 12.3 Å². The van der Waals surface area contributed by atoms with E-state index >= 15 is 0 Å². The van der Waals surface area contributed by atoms with Crippen molar-refractivity contribution in [3.05, 3.63) is 59.1 Å². The Hall–Kier alpha value is -2.49. The summed E-state index contributed by atoms with van der Waals surface area (Å²) >= 11 is 5.86. The van der Waals surface area contributed by atoms with Crippen LogP contribution in [0.15, 0.2) is 48.5 Å². The number of amides is 1. The van der Waals surface area contributed by atoms with Crippen LogP contribution < -0.4 is 9.64 Å². The molecule has 0 spiro atoms. The van der Waals surface area contributed by atoms with Crippen molar-refractivity contribution in [3.8, 4) is 5.75 Å². The van der Waals surface area contributed by atoms with Crippen molar-refractivity contribution in [1.29, 1.82) is 0 Å². The maximum Gasteiger partial charge on any atom is 0.416 e. The van der Waals surface area contributed by atoms with E-state index < -0.39 is 11.7 Å². The maximum absolute atomic E-state index is 13.0. The molecule has 2 aliphatic heterocycles. The lowest BCUT2D eigenvalue weighted by Crippen LogP contribution is -2.54. The van der Waals surface area contributed by atoms with Crippen LogP contribution in [0.2, 0.25) is 5.02 Å². The molecule has 0 N–H and O–H groups in total. The highest BCUT2D eigenvalue weighted by atomic mass is 35.5. The molecule has 0 aromatic heterocycles. The normalized spacial score (nSPS) is 19.8. The molecule has 2 saturated heterocycles. The molecule has 2 aromatic carbocycles. The lowest BCUT2D eigenvalue weighted by Gasteiger charge is -2.40. The van der Waals surface area contributed by atoms with Crippen LogP contribution in [-0.2, 0) is 15.7 Å². The van der Waals surface area contributed by atoms with Gasteiger partial charge < -0.3 is 19.3 Å². The van der Waals surface area contributed by atoms with Gasteiger partial charge in [0.1, 0.15) is 5.75 Å². The molecule has 2 fully saturated rings. The van der Waals surface area contributed by atoms with Crippen LogP contribution >= 0.6 is 11.6 Å². The standard InChI is InChI=1S/C24H27ClF3N3O3/c25-19-4-6-21(7-5-19)34-17-23(32)31-12-13-33-22(16-31)15-29-8-10-30(11-9-29)20-3-1-2-18(14-20)24(26,27)28/h1-7,14,22H,8-13,15-17H2. The van der Waals surface area contributed by atoms with E-state index in [2.05, 4.69) is 4.90 Å². The topological polar surface area (TPSA) is 45.2 Å². The third-order valence-corrected chi connectivity index (χ3v) is 6.29. The van der Waals surface area contributed by atoms with E-state index in [4.69, 9.17) is 21.1 Å². The van der Waals surface area contributed by atoms with E-state index in [9.17, 15) is 18.0 Å². The number of carbonyl (C=O) groups is 1. The quantitative estimate of drug-likeness (QED) is 0.608. The van der Waals surface area contributed by atoms with Crippen molar-refractivity contribution in [2.24, 2.45) is 0 Å². The summed E-state index contributed by atoms with van der Waals surface area (Å²) in [6.07, 6.45) is -4.47. The van der Waals surface area contributed by atoms with E-state index in [1.165, 1.54) is 12.1 Å². The zero-order valence-corrected chi connectivity index (χ0v) is 19.4. The van der Waals surface area contributed by atoms with Gasteiger partial charge in [-0.25, -0.2) is 0 Å². The minimum atomic E-state index is -4.35. The molecule has 6 nitrogen and oxygen atoms in total. The van der Waals surface area contributed by atoms with E-state index in [0.29, 0.717) is 68.9 Å². The summed E-state index contributed by atoms with van der Waals surface area (Å²) in [5.41, 5.74) is -0.0475. The van der Waals surface area contributed by atoms with Gasteiger partial charge in [0, 0.05) is 56.5 Å². The summed E-state index contributed by atoms with van der Waals surface area (Å²) in [7, 11) is 0. The van der Waals surface area contributed by atoms with Crippen LogP contribution in [-0.4, -0.2) is 80.8 Å². The Morgan fingerprint density at radius 3 is 2.50 bits per heavy atom. The number of hydrogen-bond donors (Lipinski definition) is 0. The van der Waals surface area contributed by atoms with Gasteiger partial charge in [0.25, 0.3) is 5.91 Å². The Morgan fingerprint density at radius 1 is 1.06 bits per heavy atom. The molecular weight excluding hydrogens is 471 g/mol. The first kappa shape index (κ1) is 24.6. The molecule has 184 valence electrons. The molecule has 34 heavy (non-hydrogen) atoms. The molecular formula is C24H27ClF3N3O3. The summed E-state index contributed by atoms with van der Waals surface area (Å²) in [6, 6.07) is 12.3. The number of anilines is 1. The van der Waals surface area contributed by atoms with Crippen LogP contribution in [0.1, 0.15) is 5.56 Å². The Bertz CT molecular complexity index is 966. The predicted molar refractivity (Wildman–Crippen MR) is 123 cm³/mol. The number of piperazine rings is 1. The van der Waals surface area contributed by atoms with Gasteiger partial charge in [-0.3, -0.25) is 9.69 Å². The number of alkyl halides is 3. The molecule has 2 aliphatic rings. The van der Waals surface area contributed by atoms with Gasteiger partial charge in [0.15, 0.2) is 6.61 Å². The van der Waals surface area contributed by atoms with Crippen molar-refractivity contribution in [2.75, 3.05) is 63.9 Å². The highest BCUT2D eigenvalue weighted by molar-refractivity contribution is 6.30. The molecule has 0 aliphatic carbocycles. The Morgan fingerprint density at radius 2 is 1.79 bits per heavy atom. The molecule has 0 bridgehead atoms. The first-order valence-electron chi connectivity index (χ1n) is 11.2. The molecule has 1 unspecified atom stereocenters. The zero-order chi connectivity index (χ0) is 24.1. The van der Waals surface area contributed by atoms with Gasteiger partial charge >= 0.3 is 6.18 Å². The summed E-state index contributed by atoms with van der Waals surface area (Å²) in [4.78, 5) is 18.5. The first-order valence-corrected chi connectivity index (χ1v) is 11.6. The number of morpholine rings is 1. The number of benzene rings is 2. The van der Waals surface area contributed by atoms with Crippen LogP contribution in [0.3, 0.4) is 0 Å². The smallest absolute Gasteiger partial charge is 0.416 e. The average Bonchev–Trinajstić information content (AvgIpc) is 2.84. The third kappa shape index (κ3) is 6.55. The van der Waals surface area contributed by atoms with Gasteiger partial charge in [0.2, 0.25) is 0 Å². The molecule has 0 radical (unpaired) electrons.